The van der Waals surface area contributed by atoms with Gasteiger partial charge in [-0.05, 0) is 56.7 Å². The molecule has 0 saturated heterocycles. The van der Waals surface area contributed by atoms with Crippen molar-refractivity contribution in [3.63, 3.8) is 0 Å². The molecule has 1 N–H and O–H groups in total. The molecule has 3 rings (SSSR count). The zero-order valence-electron chi connectivity index (χ0n) is 19.8. The van der Waals surface area contributed by atoms with E-state index in [2.05, 4.69) is 10.3 Å². The summed E-state index contributed by atoms with van der Waals surface area (Å²) in [7, 11) is -0.538. The molecule has 9 heteroatoms. The molecule has 1 amide bonds. The molecule has 0 bridgehead atoms. The monoisotopic (exact) mass is 472 g/mol. The highest BCUT2D eigenvalue weighted by atomic mass is 32.2. The number of sulfonamides is 1. The van der Waals surface area contributed by atoms with Crippen LogP contribution in [0, 0.1) is 0 Å². The van der Waals surface area contributed by atoms with E-state index in [-0.39, 0.29) is 23.3 Å². The smallest absolute Gasteiger partial charge is 0.242 e. The van der Waals surface area contributed by atoms with Gasteiger partial charge in [-0.1, -0.05) is 12.1 Å². The van der Waals surface area contributed by atoms with Crippen molar-refractivity contribution < 1.29 is 17.9 Å². The summed E-state index contributed by atoms with van der Waals surface area (Å²) in [5, 5.41) is 2.94. The van der Waals surface area contributed by atoms with Gasteiger partial charge >= 0.3 is 0 Å². The number of rotatable bonds is 10. The van der Waals surface area contributed by atoms with E-state index in [1.165, 1.54) is 18.4 Å². The lowest BCUT2D eigenvalue weighted by molar-refractivity contribution is -0.116. The maximum Gasteiger partial charge on any atom is 0.242 e. The number of aromatic nitrogens is 2. The van der Waals surface area contributed by atoms with Crippen molar-refractivity contribution in [2.75, 3.05) is 19.4 Å². The maximum atomic E-state index is 12.6. The number of anilines is 1. The summed E-state index contributed by atoms with van der Waals surface area (Å²) in [6.45, 7) is 7.13. The summed E-state index contributed by atoms with van der Waals surface area (Å²) in [6.07, 6.45) is 0.847. The van der Waals surface area contributed by atoms with Gasteiger partial charge in [0.15, 0.2) is 0 Å². The molecule has 0 atom stereocenters. The fraction of sp³-hybridized carbons (Fsp3) is 0.417. The van der Waals surface area contributed by atoms with Gasteiger partial charge in [-0.2, -0.15) is 0 Å². The maximum absolute atomic E-state index is 12.6. The van der Waals surface area contributed by atoms with E-state index in [0.717, 1.165) is 22.6 Å². The van der Waals surface area contributed by atoms with Crippen molar-refractivity contribution >= 4 is 32.7 Å². The lowest BCUT2D eigenvalue weighted by Gasteiger charge is -2.11. The quantitative estimate of drug-likeness (QED) is 0.484. The van der Waals surface area contributed by atoms with E-state index in [1.54, 1.807) is 18.2 Å². The molecule has 0 aliphatic rings. The number of fused-ring (bicyclic) bond motifs is 1. The summed E-state index contributed by atoms with van der Waals surface area (Å²) >= 11 is 0. The summed E-state index contributed by atoms with van der Waals surface area (Å²) in [4.78, 5) is 17.4. The summed E-state index contributed by atoms with van der Waals surface area (Å²) in [6, 6.07) is 12.6. The van der Waals surface area contributed by atoms with Crippen molar-refractivity contribution in [2.24, 2.45) is 0 Å². The molecule has 0 fully saturated rings. The van der Waals surface area contributed by atoms with Crippen LogP contribution in [-0.4, -0.2) is 48.4 Å². The van der Waals surface area contributed by atoms with Crippen LogP contribution in [0.2, 0.25) is 0 Å². The highest BCUT2D eigenvalue weighted by Gasteiger charge is 2.19. The number of ether oxygens (including phenoxy) is 1. The number of hydrogen-bond acceptors (Lipinski definition) is 5. The van der Waals surface area contributed by atoms with Gasteiger partial charge in [0, 0.05) is 39.2 Å². The number of nitrogens with one attached hydrogen (secondary N) is 1. The molecule has 0 spiro atoms. The number of carbonyl (C=O) groups is 1. The second-order valence-electron chi connectivity index (χ2n) is 8.32. The molecular formula is C24H32N4O4S. The normalized spacial score (nSPS) is 12.1. The molecule has 3 aromatic rings. The minimum atomic E-state index is -3.54. The fourth-order valence-electron chi connectivity index (χ4n) is 3.53. The summed E-state index contributed by atoms with van der Waals surface area (Å²) in [5.74, 6) is 0.642. The minimum Gasteiger partial charge on any atom is -0.374 e. The van der Waals surface area contributed by atoms with Gasteiger partial charge in [0.2, 0.25) is 15.9 Å². The highest BCUT2D eigenvalue weighted by molar-refractivity contribution is 7.89. The van der Waals surface area contributed by atoms with Crippen LogP contribution in [-0.2, 0) is 39.1 Å². The van der Waals surface area contributed by atoms with Gasteiger partial charge in [0.1, 0.15) is 5.82 Å². The van der Waals surface area contributed by atoms with E-state index >= 15 is 0 Å². The van der Waals surface area contributed by atoms with Crippen LogP contribution in [0.25, 0.3) is 11.0 Å². The lowest BCUT2D eigenvalue weighted by atomic mass is 10.2. The number of nitrogens with zero attached hydrogens (tertiary/aromatic N) is 3. The third-order valence-corrected chi connectivity index (χ3v) is 7.07. The molecule has 0 aliphatic heterocycles. The highest BCUT2D eigenvalue weighted by Crippen LogP contribution is 2.23. The van der Waals surface area contributed by atoms with E-state index in [0.29, 0.717) is 25.1 Å². The van der Waals surface area contributed by atoms with Gasteiger partial charge in [-0.15, -0.1) is 0 Å². The van der Waals surface area contributed by atoms with E-state index < -0.39 is 10.0 Å². The Balaban J connectivity index is 1.72. The van der Waals surface area contributed by atoms with E-state index in [9.17, 15) is 13.2 Å². The molecule has 2 aromatic carbocycles. The third-order valence-electron chi connectivity index (χ3n) is 5.26. The molecule has 8 nitrogen and oxygen atoms in total. The zero-order valence-corrected chi connectivity index (χ0v) is 20.6. The average Bonchev–Trinajstić information content (AvgIpc) is 3.13. The van der Waals surface area contributed by atoms with Crippen LogP contribution in [0.4, 0.5) is 5.69 Å². The lowest BCUT2D eigenvalue weighted by Crippen LogP contribution is -2.22. The molecular weight excluding hydrogens is 440 g/mol. The molecule has 0 radical (unpaired) electrons. The van der Waals surface area contributed by atoms with Crippen LogP contribution >= 0.6 is 0 Å². The molecule has 33 heavy (non-hydrogen) atoms. The van der Waals surface area contributed by atoms with Crippen LogP contribution in [0.15, 0.2) is 47.4 Å². The summed E-state index contributed by atoms with van der Waals surface area (Å²) in [5.41, 5.74) is 3.18. The Bertz CT molecular complexity index is 1230. The fourth-order valence-corrected chi connectivity index (χ4v) is 4.45. The first-order valence-corrected chi connectivity index (χ1v) is 12.5. The molecule has 0 aliphatic carbocycles. The van der Waals surface area contributed by atoms with Gasteiger partial charge in [-0.3, -0.25) is 4.79 Å². The second-order valence-corrected chi connectivity index (χ2v) is 10.5. The summed E-state index contributed by atoms with van der Waals surface area (Å²) < 4.78 is 33.7. The van der Waals surface area contributed by atoms with Crippen LogP contribution in [0.5, 0.6) is 0 Å². The number of hydrogen-bond donors (Lipinski definition) is 1. The van der Waals surface area contributed by atoms with Gasteiger partial charge in [0.05, 0.1) is 28.6 Å². The molecule has 1 heterocycles. The first-order valence-electron chi connectivity index (χ1n) is 11.0. The zero-order chi connectivity index (χ0) is 24.2. The molecule has 0 unspecified atom stereocenters. The van der Waals surface area contributed by atoms with Crippen LogP contribution in [0.1, 0.15) is 38.6 Å². The predicted molar refractivity (Wildman–Crippen MR) is 130 cm³/mol. The average molecular weight is 473 g/mol. The third kappa shape index (κ3) is 5.98. The second kappa shape index (κ2) is 10.5. The predicted octanol–water partition coefficient (Wildman–Crippen LogP) is 3.80. The number of carbonyl (C=O) groups excluding carboxylic acids is 1. The Morgan fingerprint density at radius 1 is 1.18 bits per heavy atom. The van der Waals surface area contributed by atoms with Crippen molar-refractivity contribution in [3.8, 4) is 0 Å². The SMILES string of the molecule is CCn1c(CCC(=O)Nc2cccc(COC(C)C)c2)nc2cc(S(=O)(=O)N(C)C)ccc21. The van der Waals surface area contributed by atoms with Crippen molar-refractivity contribution in [3.05, 3.63) is 53.9 Å². The molecule has 178 valence electrons. The van der Waals surface area contributed by atoms with E-state index in [1.807, 2.05) is 49.6 Å². The van der Waals surface area contributed by atoms with Gasteiger partial charge < -0.3 is 14.6 Å². The number of aryl methyl sites for hydroxylation is 2. The van der Waals surface area contributed by atoms with Crippen molar-refractivity contribution in [1.82, 2.24) is 13.9 Å². The molecule has 1 aromatic heterocycles. The minimum absolute atomic E-state index is 0.109. The Labute approximate surface area is 195 Å². The molecule has 0 saturated carbocycles. The van der Waals surface area contributed by atoms with Crippen molar-refractivity contribution in [2.45, 2.75) is 57.8 Å². The first-order chi connectivity index (χ1) is 15.6. The van der Waals surface area contributed by atoms with E-state index in [4.69, 9.17) is 4.74 Å². The van der Waals surface area contributed by atoms with Gasteiger partial charge in [-0.25, -0.2) is 17.7 Å². The number of imidazole rings is 1. The standard InChI is InChI=1S/C24H32N4O4S/c1-6-28-22-11-10-20(33(30,31)27(4)5)15-21(22)26-23(28)12-13-24(29)25-19-9-7-8-18(14-19)16-32-17(2)3/h7-11,14-15,17H,6,12-13,16H2,1-5H3,(H,25,29). The van der Waals surface area contributed by atoms with Crippen LogP contribution < -0.4 is 5.32 Å². The Hall–Kier alpha value is -2.75. The number of amides is 1. The largest absolute Gasteiger partial charge is 0.374 e. The number of benzene rings is 2. The Morgan fingerprint density at radius 2 is 1.94 bits per heavy atom. The first kappa shape index (κ1) is 24.9. The Kier molecular flexibility index (Phi) is 7.88. The topological polar surface area (TPSA) is 93.5 Å². The van der Waals surface area contributed by atoms with Gasteiger partial charge in [0.25, 0.3) is 0 Å². The van der Waals surface area contributed by atoms with Crippen molar-refractivity contribution in [1.29, 1.82) is 0 Å². The Morgan fingerprint density at radius 3 is 2.61 bits per heavy atom. The van der Waals surface area contributed by atoms with Crippen LogP contribution in [0.3, 0.4) is 0 Å².